The van der Waals surface area contributed by atoms with Gasteiger partial charge in [-0.05, 0) is 49.6 Å². The quantitative estimate of drug-likeness (QED) is 0.154. The van der Waals surface area contributed by atoms with E-state index in [0.29, 0.717) is 74.9 Å². The zero-order chi connectivity index (χ0) is 36.7. The molecule has 1 saturated carbocycles. The smallest absolute Gasteiger partial charge is 0.407 e. The van der Waals surface area contributed by atoms with E-state index in [1.807, 2.05) is 18.2 Å². The first-order chi connectivity index (χ1) is 25.0. The van der Waals surface area contributed by atoms with Gasteiger partial charge in [0, 0.05) is 83.6 Å². The number of carbonyl (C=O) groups excluding carboxylic acids is 1. The molecule has 2 aromatic heterocycles. The van der Waals surface area contributed by atoms with Crippen molar-refractivity contribution in [2.75, 3.05) is 33.9 Å². The molecule has 1 aliphatic carbocycles. The topological polar surface area (TPSA) is 137 Å². The van der Waals surface area contributed by atoms with E-state index in [9.17, 15) is 19.8 Å². The van der Waals surface area contributed by atoms with E-state index in [-0.39, 0.29) is 47.5 Å². The predicted molar refractivity (Wildman–Crippen MR) is 194 cm³/mol. The SMILES string of the molecule is COc1cc(-c2nccc(-c3cccc(-c4ccc(CN(C[C@@H]5CCC(=O)N5)C(=O)O)c(OC)n4)c3Cl)c2Cl)cc(F)c1CN1CC2(CC(O)C2)C1. The molecule has 4 aromatic rings. The Labute approximate surface area is 310 Å². The lowest BCUT2D eigenvalue weighted by Crippen LogP contribution is -2.63. The van der Waals surface area contributed by atoms with E-state index in [0.717, 1.165) is 25.9 Å². The van der Waals surface area contributed by atoms with Gasteiger partial charge in [0.15, 0.2) is 0 Å². The van der Waals surface area contributed by atoms with Gasteiger partial charge in [0.2, 0.25) is 11.8 Å². The molecule has 2 amide bonds. The number of carbonyl (C=O) groups is 2. The van der Waals surface area contributed by atoms with Crippen molar-refractivity contribution in [3.8, 4) is 45.3 Å². The van der Waals surface area contributed by atoms with Crippen LogP contribution >= 0.6 is 23.2 Å². The number of pyridine rings is 2. The number of nitrogens with one attached hydrogen (secondary N) is 1. The molecule has 4 heterocycles. The Bertz CT molecular complexity index is 2040. The molecule has 3 fully saturated rings. The van der Waals surface area contributed by atoms with E-state index in [2.05, 4.69) is 20.2 Å². The predicted octanol–water partition coefficient (Wildman–Crippen LogP) is 6.66. The Morgan fingerprint density at radius 2 is 1.83 bits per heavy atom. The molecular weight excluding hydrogens is 712 g/mol. The van der Waals surface area contributed by atoms with Crippen LogP contribution in [0.3, 0.4) is 0 Å². The molecule has 3 N–H and O–H groups in total. The summed E-state index contributed by atoms with van der Waals surface area (Å²) < 4.78 is 26.9. The van der Waals surface area contributed by atoms with Crippen molar-refractivity contribution >= 4 is 35.2 Å². The molecule has 2 aromatic carbocycles. The molecule has 7 rings (SSSR count). The van der Waals surface area contributed by atoms with Crippen LogP contribution in [0, 0.1) is 11.2 Å². The van der Waals surface area contributed by atoms with E-state index >= 15 is 4.39 Å². The van der Waals surface area contributed by atoms with E-state index in [4.69, 9.17) is 32.7 Å². The lowest BCUT2D eigenvalue weighted by Gasteiger charge is -2.58. The van der Waals surface area contributed by atoms with Gasteiger partial charge in [-0.3, -0.25) is 14.7 Å². The second kappa shape index (κ2) is 14.5. The van der Waals surface area contributed by atoms with Crippen LogP contribution in [0.1, 0.15) is 36.8 Å². The number of benzene rings is 2. The van der Waals surface area contributed by atoms with Crippen molar-refractivity contribution in [2.24, 2.45) is 5.41 Å². The van der Waals surface area contributed by atoms with Gasteiger partial charge in [-0.2, -0.15) is 0 Å². The van der Waals surface area contributed by atoms with Crippen LogP contribution in [0.25, 0.3) is 33.6 Å². The maximum absolute atomic E-state index is 15.7. The fraction of sp³-hybridized carbons (Fsp3) is 0.368. The zero-order valence-corrected chi connectivity index (χ0v) is 30.2. The van der Waals surface area contributed by atoms with Crippen LogP contribution in [0.15, 0.2) is 54.7 Å². The molecule has 52 heavy (non-hydrogen) atoms. The summed E-state index contributed by atoms with van der Waals surface area (Å²) in [6.07, 6.45) is 2.77. The molecule has 1 spiro atoms. The van der Waals surface area contributed by atoms with Gasteiger partial charge in [-0.15, -0.1) is 0 Å². The standard InChI is InChI=1S/C38H38Cl2FN5O6/c1-51-31-13-22(12-29(41)28(31)18-45-19-38(20-45)14-24(47)15-38)35-34(40)26(10-11-42-35)25-4-3-5-27(33(25)39)30-8-6-21(36(44-30)52-2)16-46(37(49)50)17-23-7-9-32(48)43-23/h3-6,8,10-13,23-24,47H,7,9,14-20H2,1-2H3,(H,43,48)(H,49,50)/t23-/m0/s1. The van der Waals surface area contributed by atoms with Gasteiger partial charge in [-0.1, -0.05) is 41.4 Å². The Hall–Kier alpha value is -4.49. The number of nitrogens with zero attached hydrogens (tertiary/aromatic N) is 4. The molecule has 3 aliphatic rings. The largest absolute Gasteiger partial charge is 0.496 e. The minimum absolute atomic E-state index is 0.0116. The summed E-state index contributed by atoms with van der Waals surface area (Å²) >= 11 is 14.0. The molecule has 0 unspecified atom stereocenters. The van der Waals surface area contributed by atoms with Crippen molar-refractivity contribution in [3.05, 3.63) is 81.7 Å². The van der Waals surface area contributed by atoms with Crippen LogP contribution in [-0.4, -0.2) is 88.0 Å². The second-order valence-electron chi connectivity index (χ2n) is 13.9. The number of rotatable bonds is 11. The Kier molecular flexibility index (Phi) is 10.0. The lowest BCUT2D eigenvalue weighted by atomic mass is 9.62. The number of hydrogen-bond donors (Lipinski definition) is 3. The highest BCUT2D eigenvalue weighted by Crippen LogP contribution is 2.49. The molecule has 1 atom stereocenters. The fourth-order valence-corrected chi connectivity index (χ4v) is 8.37. The highest BCUT2D eigenvalue weighted by atomic mass is 35.5. The van der Waals surface area contributed by atoms with Crippen molar-refractivity contribution in [3.63, 3.8) is 0 Å². The normalized spacial score (nSPS) is 18.1. The molecule has 2 aliphatic heterocycles. The molecule has 14 heteroatoms. The average Bonchev–Trinajstić information content (AvgIpc) is 3.51. The number of ether oxygens (including phenoxy) is 2. The van der Waals surface area contributed by atoms with E-state index < -0.39 is 11.9 Å². The Morgan fingerprint density at radius 1 is 1.08 bits per heavy atom. The highest BCUT2D eigenvalue weighted by Gasteiger charge is 2.51. The minimum Gasteiger partial charge on any atom is -0.496 e. The van der Waals surface area contributed by atoms with E-state index in [1.54, 1.807) is 30.5 Å². The summed E-state index contributed by atoms with van der Waals surface area (Å²) in [5.74, 6) is 0.119. The van der Waals surface area contributed by atoms with E-state index in [1.165, 1.54) is 25.2 Å². The van der Waals surface area contributed by atoms with Crippen LogP contribution in [0.4, 0.5) is 9.18 Å². The van der Waals surface area contributed by atoms with Crippen LogP contribution in [0.5, 0.6) is 11.6 Å². The molecule has 0 bridgehead atoms. The molecule has 0 radical (unpaired) electrons. The summed E-state index contributed by atoms with van der Waals surface area (Å²) in [5, 5.41) is 23.0. The monoisotopic (exact) mass is 749 g/mol. The number of aliphatic hydroxyl groups is 1. The summed E-state index contributed by atoms with van der Waals surface area (Å²) in [5.41, 5.74) is 4.23. The van der Waals surface area contributed by atoms with Crippen LogP contribution in [-0.2, 0) is 17.9 Å². The number of amides is 2. The number of hydrogen-bond acceptors (Lipinski definition) is 8. The zero-order valence-electron chi connectivity index (χ0n) is 28.7. The van der Waals surface area contributed by atoms with Crippen molar-refractivity contribution in [2.45, 2.75) is 50.9 Å². The van der Waals surface area contributed by atoms with Gasteiger partial charge < -0.3 is 29.9 Å². The summed E-state index contributed by atoms with van der Waals surface area (Å²) in [6, 6.07) is 13.6. The maximum Gasteiger partial charge on any atom is 0.407 e. The fourth-order valence-electron chi connectivity index (χ4n) is 7.72. The number of halogens is 3. The summed E-state index contributed by atoms with van der Waals surface area (Å²) in [6.45, 7) is 2.19. The number of carboxylic acid groups (broad SMARTS) is 1. The number of methoxy groups -OCH3 is 2. The Balaban J connectivity index is 1.14. The summed E-state index contributed by atoms with van der Waals surface area (Å²) in [7, 11) is 2.97. The molecule has 11 nitrogen and oxygen atoms in total. The van der Waals surface area contributed by atoms with Crippen LogP contribution in [0.2, 0.25) is 10.0 Å². The third-order valence-corrected chi connectivity index (χ3v) is 11.0. The first-order valence-corrected chi connectivity index (χ1v) is 17.7. The molecule has 272 valence electrons. The van der Waals surface area contributed by atoms with Crippen molar-refractivity contribution in [1.82, 2.24) is 25.1 Å². The van der Waals surface area contributed by atoms with Crippen molar-refractivity contribution < 1.29 is 33.7 Å². The Morgan fingerprint density at radius 3 is 2.50 bits per heavy atom. The average molecular weight is 751 g/mol. The minimum atomic E-state index is -1.12. The van der Waals surface area contributed by atoms with Gasteiger partial charge >= 0.3 is 6.09 Å². The first kappa shape index (κ1) is 35.9. The van der Waals surface area contributed by atoms with Gasteiger partial charge in [0.25, 0.3) is 0 Å². The maximum atomic E-state index is 15.7. The number of likely N-dealkylation sites (tertiary alicyclic amines) is 1. The van der Waals surface area contributed by atoms with Gasteiger partial charge in [-0.25, -0.2) is 14.2 Å². The highest BCUT2D eigenvalue weighted by molar-refractivity contribution is 6.39. The van der Waals surface area contributed by atoms with Gasteiger partial charge in [0.05, 0.1) is 48.3 Å². The first-order valence-electron chi connectivity index (χ1n) is 17.0. The third kappa shape index (κ3) is 7.00. The van der Waals surface area contributed by atoms with Gasteiger partial charge in [0.1, 0.15) is 11.6 Å². The number of aromatic nitrogens is 2. The third-order valence-electron chi connectivity index (χ3n) is 10.2. The molecule has 2 saturated heterocycles. The van der Waals surface area contributed by atoms with Crippen LogP contribution < -0.4 is 14.8 Å². The number of aliphatic hydroxyl groups excluding tert-OH is 1. The second-order valence-corrected chi connectivity index (χ2v) is 14.6. The van der Waals surface area contributed by atoms with Crippen molar-refractivity contribution in [1.29, 1.82) is 0 Å². The lowest BCUT2D eigenvalue weighted by molar-refractivity contribution is -0.131. The molecular formula is C38H38Cl2FN5O6. The summed E-state index contributed by atoms with van der Waals surface area (Å²) in [4.78, 5) is 36.3.